The lowest BCUT2D eigenvalue weighted by atomic mass is 10.0. The van der Waals surface area contributed by atoms with Crippen molar-refractivity contribution >= 4 is 22.6 Å². The highest BCUT2D eigenvalue weighted by Gasteiger charge is 2.25. The first-order valence-electron chi connectivity index (χ1n) is 12.0. The van der Waals surface area contributed by atoms with Crippen LogP contribution in [0.2, 0.25) is 5.02 Å². The molecule has 0 fully saturated rings. The third-order valence-electron chi connectivity index (χ3n) is 6.53. The maximum Gasteiger partial charge on any atom is 0.203 e. The van der Waals surface area contributed by atoms with Crippen molar-refractivity contribution in [3.63, 3.8) is 0 Å². The summed E-state index contributed by atoms with van der Waals surface area (Å²) in [4.78, 5) is 19.0. The van der Waals surface area contributed by atoms with Gasteiger partial charge in [0.05, 0.1) is 16.8 Å². The van der Waals surface area contributed by atoms with Crippen LogP contribution in [0.15, 0.2) is 113 Å². The quantitative estimate of drug-likeness (QED) is 0.244. The first-order valence-corrected chi connectivity index (χ1v) is 12.4. The lowest BCUT2D eigenvalue weighted by Crippen LogP contribution is -2.09. The van der Waals surface area contributed by atoms with Gasteiger partial charge in [-0.25, -0.2) is 4.98 Å². The zero-order valence-electron chi connectivity index (χ0n) is 20.4. The first-order chi connectivity index (χ1) is 18.0. The largest absolute Gasteiger partial charge is 0.463 e. The van der Waals surface area contributed by atoms with E-state index in [4.69, 9.17) is 21.0 Å². The minimum atomic E-state index is -0.179. The van der Waals surface area contributed by atoms with E-state index in [-0.39, 0.29) is 5.43 Å². The molecule has 0 aliphatic rings. The predicted molar refractivity (Wildman–Crippen MR) is 150 cm³/mol. The van der Waals surface area contributed by atoms with Gasteiger partial charge in [0, 0.05) is 21.8 Å². The number of imidazole rings is 1. The number of rotatable bonds is 4. The van der Waals surface area contributed by atoms with E-state index < -0.39 is 0 Å². The minimum Gasteiger partial charge on any atom is -0.463 e. The number of aryl methyl sites for hydroxylation is 2. The number of fused-ring (bicyclic) bond motifs is 1. The molecular formula is C32H23ClN2O2. The van der Waals surface area contributed by atoms with Crippen LogP contribution in [-0.2, 0) is 0 Å². The molecule has 0 atom stereocenters. The molecule has 6 aromatic rings. The molecule has 6 rings (SSSR count). The van der Waals surface area contributed by atoms with Gasteiger partial charge >= 0.3 is 0 Å². The second-order valence-electron chi connectivity index (χ2n) is 9.12. The number of nitrogens with zero attached hydrogens (tertiary/aromatic N) is 2. The molecule has 2 aromatic heterocycles. The van der Waals surface area contributed by atoms with E-state index in [2.05, 4.69) is 35.8 Å². The van der Waals surface area contributed by atoms with Crippen molar-refractivity contribution < 1.29 is 4.42 Å². The number of aromatic nitrogens is 2. The van der Waals surface area contributed by atoms with Gasteiger partial charge in [0.25, 0.3) is 0 Å². The van der Waals surface area contributed by atoms with Gasteiger partial charge in [0.15, 0.2) is 5.82 Å². The van der Waals surface area contributed by atoms with E-state index in [0.717, 1.165) is 39.3 Å². The molecule has 0 radical (unpaired) electrons. The Morgan fingerprint density at radius 2 is 1.51 bits per heavy atom. The Morgan fingerprint density at radius 3 is 2.22 bits per heavy atom. The third-order valence-corrected chi connectivity index (χ3v) is 6.93. The van der Waals surface area contributed by atoms with Crippen molar-refractivity contribution in [2.24, 2.45) is 0 Å². The molecule has 0 saturated heterocycles. The summed E-state index contributed by atoms with van der Waals surface area (Å²) in [5, 5.41) is 0.948. The van der Waals surface area contributed by atoms with Gasteiger partial charge in [-0.05, 0) is 49.2 Å². The highest BCUT2D eigenvalue weighted by Crippen LogP contribution is 2.38. The normalized spacial score (nSPS) is 11.2. The Bertz CT molecular complexity index is 1820. The fraction of sp³-hybridized carbons (Fsp3) is 0.0625. The number of hydrogen-bond acceptors (Lipinski definition) is 3. The molecule has 180 valence electrons. The molecule has 0 amide bonds. The van der Waals surface area contributed by atoms with Gasteiger partial charge in [-0.2, -0.15) is 0 Å². The number of hydrogen-bond donors (Lipinski definition) is 0. The summed E-state index contributed by atoms with van der Waals surface area (Å²) >= 11 is 6.39. The van der Waals surface area contributed by atoms with Crippen LogP contribution in [0.5, 0.6) is 0 Å². The Balaban J connectivity index is 1.75. The van der Waals surface area contributed by atoms with Crippen molar-refractivity contribution in [2.45, 2.75) is 13.8 Å². The zero-order valence-corrected chi connectivity index (χ0v) is 21.2. The van der Waals surface area contributed by atoms with Crippen molar-refractivity contribution in [1.29, 1.82) is 0 Å². The smallest absolute Gasteiger partial charge is 0.203 e. The second kappa shape index (κ2) is 9.23. The SMILES string of the molecule is Cc1cccc(-n2c(-c3coc4cc(C)c(Cl)cc4c3=O)nc(-c3ccccc3)c2-c2ccccc2)c1. The molecule has 0 unspecified atom stereocenters. The Labute approximate surface area is 219 Å². The van der Waals surface area contributed by atoms with E-state index in [1.54, 1.807) is 12.1 Å². The zero-order chi connectivity index (χ0) is 25.5. The average molecular weight is 503 g/mol. The van der Waals surface area contributed by atoms with Gasteiger partial charge in [-0.3, -0.25) is 9.36 Å². The fourth-order valence-electron chi connectivity index (χ4n) is 4.68. The van der Waals surface area contributed by atoms with Gasteiger partial charge < -0.3 is 4.42 Å². The van der Waals surface area contributed by atoms with Crippen molar-refractivity contribution in [2.75, 3.05) is 0 Å². The van der Waals surface area contributed by atoms with Gasteiger partial charge in [0.2, 0.25) is 5.43 Å². The van der Waals surface area contributed by atoms with Crippen LogP contribution in [0.4, 0.5) is 0 Å². The summed E-state index contributed by atoms with van der Waals surface area (Å²) in [7, 11) is 0. The molecule has 0 aliphatic heterocycles. The van der Waals surface area contributed by atoms with Gasteiger partial charge in [0.1, 0.15) is 17.4 Å². The van der Waals surface area contributed by atoms with Crippen LogP contribution < -0.4 is 5.43 Å². The summed E-state index contributed by atoms with van der Waals surface area (Å²) in [5.74, 6) is 0.510. The number of benzene rings is 4. The van der Waals surface area contributed by atoms with Crippen LogP contribution in [0.3, 0.4) is 0 Å². The van der Waals surface area contributed by atoms with E-state index in [9.17, 15) is 4.79 Å². The van der Waals surface area contributed by atoms with Crippen LogP contribution in [0.25, 0.3) is 50.6 Å². The molecule has 2 heterocycles. The molecule has 4 nitrogen and oxygen atoms in total. The van der Waals surface area contributed by atoms with Crippen LogP contribution >= 0.6 is 11.6 Å². The highest BCUT2D eigenvalue weighted by atomic mass is 35.5. The van der Waals surface area contributed by atoms with Crippen molar-refractivity contribution in [1.82, 2.24) is 9.55 Å². The average Bonchev–Trinajstić information content (AvgIpc) is 3.31. The summed E-state index contributed by atoms with van der Waals surface area (Å²) in [6.45, 7) is 3.94. The maximum atomic E-state index is 13.9. The second-order valence-corrected chi connectivity index (χ2v) is 9.52. The molecule has 0 saturated carbocycles. The molecular weight excluding hydrogens is 480 g/mol. The van der Waals surface area contributed by atoms with E-state index in [1.165, 1.54) is 6.26 Å². The predicted octanol–water partition coefficient (Wildman–Crippen LogP) is 8.25. The van der Waals surface area contributed by atoms with Crippen molar-refractivity contribution in [3.05, 3.63) is 130 Å². The third kappa shape index (κ3) is 4.05. The van der Waals surface area contributed by atoms with Crippen LogP contribution in [0, 0.1) is 13.8 Å². The Kier molecular flexibility index (Phi) is 5.74. The highest BCUT2D eigenvalue weighted by molar-refractivity contribution is 6.32. The molecule has 0 N–H and O–H groups in total. The van der Waals surface area contributed by atoms with Gasteiger partial charge in [-0.15, -0.1) is 0 Å². The fourth-order valence-corrected chi connectivity index (χ4v) is 4.85. The van der Waals surface area contributed by atoms with E-state index >= 15 is 0 Å². The maximum absolute atomic E-state index is 13.9. The Hall–Kier alpha value is -4.41. The summed E-state index contributed by atoms with van der Waals surface area (Å²) in [6, 6.07) is 31.8. The number of halogens is 1. The topological polar surface area (TPSA) is 48.0 Å². The molecule has 0 bridgehead atoms. The minimum absolute atomic E-state index is 0.179. The van der Waals surface area contributed by atoms with Crippen molar-refractivity contribution in [3.8, 4) is 39.6 Å². The monoisotopic (exact) mass is 502 g/mol. The molecule has 5 heteroatoms. The summed E-state index contributed by atoms with van der Waals surface area (Å²) in [6.07, 6.45) is 1.51. The van der Waals surface area contributed by atoms with E-state index in [1.807, 2.05) is 67.6 Å². The van der Waals surface area contributed by atoms with Crippen LogP contribution in [0.1, 0.15) is 11.1 Å². The van der Waals surface area contributed by atoms with Gasteiger partial charge in [-0.1, -0.05) is 84.4 Å². The van der Waals surface area contributed by atoms with Crippen LogP contribution in [-0.4, -0.2) is 9.55 Å². The lowest BCUT2D eigenvalue weighted by molar-refractivity contribution is 0.603. The lowest BCUT2D eigenvalue weighted by Gasteiger charge is -2.14. The molecule has 4 aromatic carbocycles. The molecule has 0 spiro atoms. The summed E-state index contributed by atoms with van der Waals surface area (Å²) in [5.41, 5.74) is 7.17. The molecule has 0 aliphatic carbocycles. The first kappa shape index (κ1) is 23.0. The molecule has 37 heavy (non-hydrogen) atoms. The Morgan fingerprint density at radius 1 is 0.811 bits per heavy atom. The standard InChI is InChI=1S/C32H23ClN2O2/c1-20-10-9-15-24(16-20)35-30(23-13-7-4-8-14-23)29(22-11-5-3-6-12-22)34-32(35)26-19-37-28-17-21(2)27(33)18-25(28)31(26)36/h3-19H,1-2H3. The van der Waals surface area contributed by atoms with E-state index in [0.29, 0.717) is 27.4 Å². The summed E-state index contributed by atoms with van der Waals surface area (Å²) < 4.78 is 8.03.